The monoisotopic (exact) mass is 2080 g/mol. The molecule has 15 aromatic rings. The zero-order valence-corrected chi connectivity index (χ0v) is 87.6. The molecule has 4 saturated carbocycles. The van der Waals surface area contributed by atoms with Crippen LogP contribution < -0.4 is 37.4 Å². The van der Waals surface area contributed by atoms with Crippen molar-refractivity contribution in [3.05, 3.63) is 423 Å². The molecule has 4 fully saturated rings. The average molecular weight is 2080 g/mol. The molecule has 5 aliphatic rings. The molecule has 0 aromatic heterocycles. The summed E-state index contributed by atoms with van der Waals surface area (Å²) in [6.07, 6.45) is 7.89. The van der Waals surface area contributed by atoms with Gasteiger partial charge in [0, 0.05) is 29.2 Å². The van der Waals surface area contributed by atoms with Gasteiger partial charge in [0.05, 0.1) is 67.6 Å². The molecule has 143 heavy (non-hydrogen) atoms. The number of nitrogens with one attached hydrogen (secondary N) is 5. The second-order valence-electron chi connectivity index (χ2n) is 37.2. The number of benzene rings is 15. The maximum atomic E-state index is 13.1. The SMILES string of the molecule is CC(C)(C)CC(C)(C)NS(=O)(=O)c1ccccc1.CN(c1ccccc1)S(=O)(=O)c1ccccc1.Cc1cc(-c2ccccc2)ccc1S(N)(=O)=O.Cc1ccc(S(=O)(=O)Nc2ccccc2)cc1.Cc1ccccc1NS(=O)(=O)c1ccccc1C.O=S(=O)(NC12CC3CC(CC(C3)C1)C2)c1ccccc1.O=S(=O)(c1ccccc1)N(c1ccccc1)c1ccccc1.O=S1(=O)Nc2cccc3cccc1c23. The van der Waals surface area contributed by atoms with Crippen LogP contribution in [0.3, 0.4) is 0 Å². The highest BCUT2D eigenvalue weighted by molar-refractivity contribution is 7.94. The normalized spacial score (nSPS) is 16.0. The smallest absolute Gasteiger partial charge is 0.268 e. The zero-order chi connectivity index (χ0) is 103. The van der Waals surface area contributed by atoms with Gasteiger partial charge in [0.25, 0.3) is 50.1 Å². The average Bonchev–Trinajstić information content (AvgIpc) is 1.63. The van der Waals surface area contributed by atoms with Crippen molar-refractivity contribution in [2.75, 3.05) is 29.8 Å². The molecule has 4 aliphatic carbocycles. The summed E-state index contributed by atoms with van der Waals surface area (Å²) in [5, 5.41) is 6.87. The molecule has 0 saturated heterocycles. The molecule has 20 rings (SSSR count). The molecule has 0 radical (unpaired) electrons. The Labute approximate surface area is 844 Å². The lowest BCUT2D eigenvalue weighted by molar-refractivity contribution is -0.00811. The lowest BCUT2D eigenvalue weighted by Crippen LogP contribution is -2.59. The van der Waals surface area contributed by atoms with Gasteiger partial charge in [-0.3, -0.25) is 18.5 Å². The fourth-order valence-electron chi connectivity index (χ4n) is 18.1. The number of hydrogen-bond donors (Lipinski definition) is 6. The predicted molar refractivity (Wildman–Crippen MR) is 574 cm³/mol. The number of aryl methyl sites for hydroxylation is 4. The minimum Gasteiger partial charge on any atom is -0.280 e. The van der Waals surface area contributed by atoms with E-state index in [4.69, 9.17) is 5.14 Å². The van der Waals surface area contributed by atoms with E-state index in [1.165, 1.54) is 27.9 Å². The van der Waals surface area contributed by atoms with E-state index >= 15 is 0 Å². The highest BCUT2D eigenvalue weighted by Gasteiger charge is 2.52. The van der Waals surface area contributed by atoms with Crippen molar-refractivity contribution in [3.63, 3.8) is 0 Å². The van der Waals surface area contributed by atoms with Gasteiger partial charge >= 0.3 is 0 Å². The Morgan fingerprint density at radius 1 is 0.371 bits per heavy atom. The third-order valence-corrected chi connectivity index (χ3v) is 36.1. The lowest BCUT2D eigenvalue weighted by Gasteiger charge is -2.56. The second kappa shape index (κ2) is 47.1. The molecule has 7 N–H and O–H groups in total. The van der Waals surface area contributed by atoms with Crippen LogP contribution in [0, 0.1) is 50.9 Å². The van der Waals surface area contributed by atoms with Gasteiger partial charge in [-0.25, -0.2) is 86.2 Å². The Bertz CT molecular complexity index is 7730. The van der Waals surface area contributed by atoms with E-state index in [2.05, 4.69) is 44.4 Å². The van der Waals surface area contributed by atoms with Crippen LogP contribution >= 0.6 is 0 Å². The third-order valence-electron chi connectivity index (χ3n) is 23.8. The summed E-state index contributed by atoms with van der Waals surface area (Å²) in [5.74, 6) is 2.25. The van der Waals surface area contributed by atoms with Crippen molar-refractivity contribution in [1.82, 2.24) is 9.44 Å². The molecular weight excluding hydrogens is 1960 g/mol. The van der Waals surface area contributed by atoms with Crippen molar-refractivity contribution in [2.45, 2.75) is 158 Å². The van der Waals surface area contributed by atoms with E-state index in [1.54, 1.807) is 276 Å². The first kappa shape index (κ1) is 109. The molecule has 1 aliphatic heterocycles. The maximum absolute atomic E-state index is 13.1. The largest absolute Gasteiger partial charge is 0.280 e. The maximum Gasteiger partial charge on any atom is 0.268 e. The van der Waals surface area contributed by atoms with Crippen LogP contribution in [0.4, 0.5) is 34.1 Å². The molecule has 24 nitrogen and oxygen atoms in total. The van der Waals surface area contributed by atoms with Crippen molar-refractivity contribution < 1.29 is 67.3 Å². The Morgan fingerprint density at radius 2 is 0.776 bits per heavy atom. The summed E-state index contributed by atoms with van der Waals surface area (Å²) >= 11 is 0. The minimum atomic E-state index is -3.67. The summed E-state index contributed by atoms with van der Waals surface area (Å²) in [6, 6.07) is 117. The molecule has 32 heteroatoms. The Kier molecular flexibility index (Phi) is 35.8. The van der Waals surface area contributed by atoms with Crippen LogP contribution in [0.1, 0.15) is 102 Å². The van der Waals surface area contributed by atoms with Crippen molar-refractivity contribution in [3.8, 4) is 11.1 Å². The van der Waals surface area contributed by atoms with Gasteiger partial charge in [-0.15, -0.1) is 0 Å². The Balaban J connectivity index is 0.000000146. The molecule has 0 unspecified atom stereocenters. The number of rotatable bonds is 22. The van der Waals surface area contributed by atoms with E-state index in [-0.39, 0.29) is 25.6 Å². The zero-order valence-electron chi connectivity index (χ0n) is 81.1. The van der Waals surface area contributed by atoms with Crippen LogP contribution in [0.5, 0.6) is 0 Å². The number of sulfonamides is 8. The van der Waals surface area contributed by atoms with Crippen molar-refractivity contribution >= 4 is 125 Å². The highest BCUT2D eigenvalue weighted by atomic mass is 32.2. The predicted octanol–water partition coefficient (Wildman–Crippen LogP) is 23.0. The third kappa shape index (κ3) is 29.9. The molecule has 15 aromatic carbocycles. The Hall–Kier alpha value is -13.0. The number of para-hydroxylation sites is 5. The van der Waals surface area contributed by atoms with Gasteiger partial charge in [0.15, 0.2) is 0 Å². The number of nitrogens with two attached hydrogens (primary N) is 1. The quantitative estimate of drug-likeness (QED) is 0.0367. The van der Waals surface area contributed by atoms with E-state index < -0.39 is 85.7 Å². The standard InChI is InChI=1S/C18H15NO2S.C16H21NO2S.C14H15NO2S.C14H23NO2S.3C13H13NO2S.C10H7NO2S/c20-22(21,18-14-8-3-9-15-18)19(16-10-4-1-5-11-16)17-12-6-2-7-13-17;18-20(19,15-4-2-1-3-5-15)17-16-9-12-6-13(10-16)8-14(7-12)11-16;1-11-7-3-5-9-13(11)15-18(16,17)14-10-6-4-8-12(14)2;1-13(2,3)11-14(4,5)15-18(16,17)12-9-7-6-8-10-12;1-14(12-8-4-2-5-9-12)17(15,16)13-10-6-3-7-11-13;1-11-7-9-13(10-8-11)17(15,16)14-12-5-3-2-4-6-12;1-10-9-12(11-5-3-2-4-6-11)7-8-13(10)17(14,15)16;12-14(13)9-6-2-4-7-3-1-5-8(11-14)10(7)9/h1-15H;1-5,12-14,17H,6-11H2;3-10,15H,1-2H3;6-10,15H,11H2,1-5H3;2-11H,1H3;2-10,14H,1H3;2-9H,1H3,(H2,14,15,16);1-6,11H. The van der Waals surface area contributed by atoms with E-state index in [0.717, 1.165) is 82.0 Å². The molecule has 0 spiro atoms. The van der Waals surface area contributed by atoms with E-state index in [0.29, 0.717) is 64.2 Å². The van der Waals surface area contributed by atoms with Crippen LogP contribution in [0.2, 0.25) is 0 Å². The first-order valence-electron chi connectivity index (χ1n) is 46.1. The summed E-state index contributed by atoms with van der Waals surface area (Å²) in [4.78, 5) is 2.42. The van der Waals surface area contributed by atoms with Gasteiger partial charge < -0.3 is 0 Å². The molecule has 1 heterocycles. The molecule has 748 valence electrons. The fraction of sp³-hybridized carbons (Fsp3) is 0.207. The summed E-state index contributed by atoms with van der Waals surface area (Å²) < 4.78 is 211. The van der Waals surface area contributed by atoms with E-state index in [1.807, 2.05) is 173 Å². The number of primary sulfonamides is 1. The lowest BCUT2D eigenvalue weighted by atomic mass is 9.53. The van der Waals surface area contributed by atoms with Crippen LogP contribution in [-0.2, 0) is 80.2 Å². The van der Waals surface area contributed by atoms with Gasteiger partial charge in [0.2, 0.25) is 30.1 Å². The number of hydrogen-bond acceptors (Lipinski definition) is 16. The Morgan fingerprint density at radius 3 is 1.24 bits per heavy atom. The minimum absolute atomic E-state index is 0.0721. The molecular formula is C111H120N8O16S8. The van der Waals surface area contributed by atoms with E-state index in [9.17, 15) is 67.3 Å². The molecule has 0 amide bonds. The number of anilines is 6. The van der Waals surface area contributed by atoms with Gasteiger partial charge in [-0.1, -0.05) is 287 Å². The van der Waals surface area contributed by atoms with Crippen LogP contribution in [0.15, 0.2) is 440 Å². The second-order valence-corrected chi connectivity index (χ2v) is 50.8. The summed E-state index contributed by atoms with van der Waals surface area (Å²) in [7, 11) is -26.3. The molecule has 4 bridgehead atoms. The summed E-state index contributed by atoms with van der Waals surface area (Å²) in [5.41, 5.74) is 8.54. The van der Waals surface area contributed by atoms with Crippen molar-refractivity contribution in [2.24, 2.45) is 28.3 Å². The van der Waals surface area contributed by atoms with Crippen LogP contribution in [-0.4, -0.2) is 85.5 Å². The fourth-order valence-corrected chi connectivity index (χ4v) is 28.3. The summed E-state index contributed by atoms with van der Waals surface area (Å²) in [6.45, 7) is 17.5. The van der Waals surface area contributed by atoms with Crippen molar-refractivity contribution in [1.29, 1.82) is 0 Å². The first-order chi connectivity index (χ1) is 67.6. The van der Waals surface area contributed by atoms with Gasteiger partial charge in [0.1, 0.15) is 0 Å². The highest BCUT2D eigenvalue weighted by Crippen LogP contribution is 2.56. The number of nitrogens with zero attached hydrogens (tertiary/aromatic N) is 2. The topological polar surface area (TPSA) is 366 Å². The van der Waals surface area contributed by atoms with Gasteiger partial charge in [-0.05, 0) is 282 Å². The first-order valence-corrected chi connectivity index (χ1v) is 58.0. The van der Waals surface area contributed by atoms with Gasteiger partial charge in [-0.2, -0.15) is 0 Å². The molecule has 0 atom stereocenters. The van der Waals surface area contributed by atoms with Crippen LogP contribution in [0.25, 0.3) is 21.9 Å².